The number of carbonyl (C=O) groups excluding carboxylic acids is 2. The zero-order valence-corrected chi connectivity index (χ0v) is 14.5. The number of rotatable bonds is 5. The molecule has 1 atom stereocenters. The van der Waals surface area contributed by atoms with Gasteiger partial charge in [-0.05, 0) is 12.1 Å². The highest BCUT2D eigenvalue weighted by atomic mass is 32.2. The van der Waals surface area contributed by atoms with Gasteiger partial charge in [0, 0.05) is 16.9 Å². The number of thioether (sulfide) groups is 2. The number of Topliss-reactive ketones (excluding diaryl/α,β-unsaturated/α-hetero) is 1. The van der Waals surface area contributed by atoms with Crippen LogP contribution in [0.15, 0.2) is 65.7 Å². The summed E-state index contributed by atoms with van der Waals surface area (Å²) in [5.74, 6) is 0.530. The van der Waals surface area contributed by atoms with E-state index < -0.39 is 5.37 Å². The van der Waals surface area contributed by atoms with Gasteiger partial charge in [-0.2, -0.15) is 0 Å². The van der Waals surface area contributed by atoms with Crippen LogP contribution in [0, 0.1) is 0 Å². The lowest BCUT2D eigenvalue weighted by molar-refractivity contribution is 0.0892. The minimum Gasteiger partial charge on any atom is -0.333 e. The van der Waals surface area contributed by atoms with Crippen LogP contribution in [0.25, 0.3) is 0 Å². The first-order chi connectivity index (χ1) is 11.7. The number of nitrogens with one attached hydrogen (secondary N) is 1. The summed E-state index contributed by atoms with van der Waals surface area (Å²) in [6.07, 6.45) is 0. The van der Waals surface area contributed by atoms with Crippen LogP contribution in [-0.2, 0) is 0 Å². The molecule has 1 N–H and O–H groups in total. The van der Waals surface area contributed by atoms with Crippen LogP contribution in [-0.4, -0.2) is 33.7 Å². The van der Waals surface area contributed by atoms with Crippen molar-refractivity contribution in [3.05, 3.63) is 71.8 Å². The summed E-state index contributed by atoms with van der Waals surface area (Å²) in [5.41, 5.74) is 1.11. The molecule has 0 unspecified atom stereocenters. The first kappa shape index (κ1) is 16.8. The largest absolute Gasteiger partial charge is 0.333 e. The first-order valence-corrected chi connectivity index (χ1v) is 9.39. The normalized spacial score (nSPS) is 14.8. The van der Waals surface area contributed by atoms with E-state index in [2.05, 4.69) is 10.3 Å². The molecule has 122 valence electrons. The monoisotopic (exact) mass is 356 g/mol. The molecule has 0 bridgehead atoms. The van der Waals surface area contributed by atoms with E-state index in [1.807, 2.05) is 24.3 Å². The van der Waals surface area contributed by atoms with Gasteiger partial charge in [-0.25, -0.2) is 0 Å². The Bertz CT molecular complexity index is 748. The SMILES string of the molecule is O=C(N[C@@H](SC1=NCCS1)C(=O)c1ccccc1)c1ccccc1. The number of hydrogen-bond donors (Lipinski definition) is 1. The van der Waals surface area contributed by atoms with Crippen LogP contribution < -0.4 is 5.32 Å². The highest BCUT2D eigenvalue weighted by Gasteiger charge is 2.26. The van der Waals surface area contributed by atoms with Gasteiger partial charge in [0.05, 0.1) is 6.54 Å². The van der Waals surface area contributed by atoms with Crippen LogP contribution in [0.1, 0.15) is 20.7 Å². The fourth-order valence-electron chi connectivity index (χ4n) is 2.18. The molecular formula is C18H16N2O2S2. The highest BCUT2D eigenvalue weighted by Crippen LogP contribution is 2.27. The Hall–Kier alpha value is -2.05. The number of aliphatic imine (C=N–C) groups is 1. The third-order valence-electron chi connectivity index (χ3n) is 3.37. The Morgan fingerprint density at radius 2 is 1.62 bits per heavy atom. The predicted octanol–water partition coefficient (Wildman–Crippen LogP) is 3.46. The van der Waals surface area contributed by atoms with E-state index in [9.17, 15) is 9.59 Å². The molecule has 0 saturated heterocycles. The molecule has 3 rings (SSSR count). The van der Waals surface area contributed by atoms with E-state index in [0.717, 1.165) is 16.7 Å². The molecule has 0 radical (unpaired) electrons. The average Bonchev–Trinajstić information content (AvgIpc) is 3.15. The van der Waals surface area contributed by atoms with Crippen molar-refractivity contribution in [3.63, 3.8) is 0 Å². The second-order valence-electron chi connectivity index (χ2n) is 5.06. The van der Waals surface area contributed by atoms with Crippen molar-refractivity contribution in [2.45, 2.75) is 5.37 Å². The molecule has 4 nitrogen and oxygen atoms in total. The third kappa shape index (κ3) is 4.27. The number of amides is 1. The molecule has 6 heteroatoms. The van der Waals surface area contributed by atoms with Crippen molar-refractivity contribution in [1.82, 2.24) is 5.32 Å². The van der Waals surface area contributed by atoms with Crippen LogP contribution in [0.4, 0.5) is 0 Å². The number of ketones is 1. The lowest BCUT2D eigenvalue weighted by Crippen LogP contribution is -2.39. The lowest BCUT2D eigenvalue weighted by atomic mass is 10.1. The Morgan fingerprint density at radius 1 is 1.00 bits per heavy atom. The maximum atomic E-state index is 12.8. The molecule has 0 aromatic heterocycles. The van der Waals surface area contributed by atoms with Crippen molar-refractivity contribution in [2.24, 2.45) is 4.99 Å². The van der Waals surface area contributed by atoms with Gasteiger partial charge in [0.2, 0.25) is 0 Å². The molecule has 0 saturated carbocycles. The number of carbonyl (C=O) groups is 2. The second-order valence-corrected chi connectivity index (χ2v) is 7.50. The lowest BCUT2D eigenvalue weighted by Gasteiger charge is -2.17. The van der Waals surface area contributed by atoms with Crippen LogP contribution in [0.3, 0.4) is 0 Å². The van der Waals surface area contributed by atoms with Gasteiger partial charge >= 0.3 is 0 Å². The van der Waals surface area contributed by atoms with Gasteiger partial charge in [0.25, 0.3) is 5.91 Å². The Morgan fingerprint density at radius 3 is 2.21 bits per heavy atom. The van der Waals surface area contributed by atoms with E-state index >= 15 is 0 Å². The van der Waals surface area contributed by atoms with E-state index in [1.54, 1.807) is 48.2 Å². The molecule has 1 aliphatic rings. The minimum atomic E-state index is -0.690. The highest BCUT2D eigenvalue weighted by molar-refractivity contribution is 8.39. The molecule has 2 aromatic carbocycles. The predicted molar refractivity (Wildman–Crippen MR) is 101 cm³/mol. The van der Waals surface area contributed by atoms with E-state index in [1.165, 1.54) is 11.8 Å². The minimum absolute atomic E-state index is 0.125. The third-order valence-corrected chi connectivity index (χ3v) is 5.67. The molecule has 2 aromatic rings. The summed E-state index contributed by atoms with van der Waals surface area (Å²) in [5, 5.41) is 2.15. The quantitative estimate of drug-likeness (QED) is 0.658. The Labute approximate surface area is 149 Å². The molecule has 1 aliphatic heterocycles. The molecular weight excluding hydrogens is 340 g/mol. The van der Waals surface area contributed by atoms with Gasteiger partial charge in [0.1, 0.15) is 9.75 Å². The van der Waals surface area contributed by atoms with Crippen molar-refractivity contribution < 1.29 is 9.59 Å². The van der Waals surface area contributed by atoms with E-state index in [0.29, 0.717) is 11.1 Å². The van der Waals surface area contributed by atoms with Crippen molar-refractivity contribution in [2.75, 3.05) is 12.3 Å². The summed E-state index contributed by atoms with van der Waals surface area (Å²) < 4.78 is 0.845. The zero-order chi connectivity index (χ0) is 16.8. The molecule has 1 amide bonds. The molecule has 0 spiro atoms. The summed E-state index contributed by atoms with van der Waals surface area (Å²) in [7, 11) is 0. The smallest absolute Gasteiger partial charge is 0.252 e. The first-order valence-electron chi connectivity index (χ1n) is 7.53. The van der Waals surface area contributed by atoms with E-state index in [-0.39, 0.29) is 11.7 Å². The summed E-state index contributed by atoms with van der Waals surface area (Å²) in [6, 6.07) is 17.9. The number of nitrogens with zero attached hydrogens (tertiary/aromatic N) is 1. The van der Waals surface area contributed by atoms with Crippen LogP contribution >= 0.6 is 23.5 Å². The topological polar surface area (TPSA) is 58.5 Å². The molecule has 0 aliphatic carbocycles. The van der Waals surface area contributed by atoms with Gasteiger partial charge < -0.3 is 5.32 Å². The maximum Gasteiger partial charge on any atom is 0.252 e. The van der Waals surface area contributed by atoms with Crippen LogP contribution in [0.2, 0.25) is 0 Å². The van der Waals surface area contributed by atoms with Gasteiger partial charge in [-0.1, -0.05) is 72.1 Å². The number of hydrogen-bond acceptors (Lipinski definition) is 5. The number of benzene rings is 2. The Balaban J connectivity index is 1.79. The second kappa shape index (κ2) is 8.17. The van der Waals surface area contributed by atoms with Crippen molar-refractivity contribution >= 4 is 39.6 Å². The average molecular weight is 356 g/mol. The molecule has 24 heavy (non-hydrogen) atoms. The maximum absolute atomic E-state index is 12.8. The summed E-state index contributed by atoms with van der Waals surface area (Å²) >= 11 is 2.93. The van der Waals surface area contributed by atoms with Gasteiger partial charge in [0.15, 0.2) is 5.78 Å². The van der Waals surface area contributed by atoms with Crippen molar-refractivity contribution in [3.8, 4) is 0 Å². The fourth-order valence-corrected chi connectivity index (χ4v) is 4.31. The fraction of sp³-hybridized carbons (Fsp3) is 0.167. The zero-order valence-electron chi connectivity index (χ0n) is 12.8. The molecule has 0 fully saturated rings. The van der Waals surface area contributed by atoms with Crippen molar-refractivity contribution in [1.29, 1.82) is 0 Å². The van der Waals surface area contributed by atoms with Gasteiger partial charge in [-0.15, -0.1) is 0 Å². The summed E-state index contributed by atoms with van der Waals surface area (Å²) in [4.78, 5) is 29.6. The Kier molecular flexibility index (Phi) is 5.72. The standard InChI is InChI=1S/C18H16N2O2S2/c21-15(13-7-3-1-4-8-13)17(24-18-19-11-12-23-18)20-16(22)14-9-5-2-6-10-14/h1-10,17H,11-12H2,(H,20,22)/t17-/m0/s1. The summed E-state index contributed by atoms with van der Waals surface area (Å²) in [6.45, 7) is 0.756. The molecule has 1 heterocycles. The van der Waals surface area contributed by atoms with Crippen LogP contribution in [0.5, 0.6) is 0 Å². The van der Waals surface area contributed by atoms with Gasteiger partial charge in [-0.3, -0.25) is 14.6 Å². The van der Waals surface area contributed by atoms with E-state index in [4.69, 9.17) is 0 Å².